The molecule has 0 bridgehead atoms. The highest BCUT2D eigenvalue weighted by molar-refractivity contribution is 9.10. The molecule has 0 radical (unpaired) electrons. The molecule has 1 N–H and O–H groups in total. The van der Waals surface area contributed by atoms with E-state index in [2.05, 4.69) is 21.2 Å². The van der Waals surface area contributed by atoms with Crippen molar-refractivity contribution in [2.45, 2.75) is 0 Å². The first-order chi connectivity index (χ1) is 8.06. The van der Waals surface area contributed by atoms with Crippen molar-refractivity contribution in [2.75, 3.05) is 5.32 Å². The first-order valence-corrected chi connectivity index (χ1v) is 6.13. The third kappa shape index (κ3) is 3.03. The molecule has 0 saturated heterocycles. The van der Waals surface area contributed by atoms with E-state index >= 15 is 0 Å². The van der Waals surface area contributed by atoms with Crippen molar-refractivity contribution in [3.05, 3.63) is 50.8 Å². The highest BCUT2D eigenvalue weighted by atomic mass is 79.9. The van der Waals surface area contributed by atoms with E-state index < -0.39 is 5.91 Å². The molecule has 0 aliphatic carbocycles. The van der Waals surface area contributed by atoms with Crippen LogP contribution in [0.5, 0.6) is 0 Å². The van der Waals surface area contributed by atoms with Gasteiger partial charge in [-0.3, -0.25) is 4.79 Å². The number of halogens is 3. The molecule has 1 aromatic heterocycles. The molecule has 3 nitrogen and oxygen atoms in total. The Morgan fingerprint density at radius 2 is 2.00 bits per heavy atom. The molecule has 0 spiro atoms. The van der Waals surface area contributed by atoms with Crippen LogP contribution in [0.1, 0.15) is 10.6 Å². The molecule has 88 valence electrons. The lowest BCUT2D eigenvalue weighted by Crippen LogP contribution is -2.11. The Hall–Kier alpha value is -0.970. The maximum atomic E-state index is 11.8. The summed E-state index contributed by atoms with van der Waals surface area (Å²) in [7, 11) is 0. The van der Waals surface area contributed by atoms with Gasteiger partial charge >= 0.3 is 0 Å². The monoisotopic (exact) mass is 333 g/mol. The molecule has 6 heteroatoms. The zero-order valence-electron chi connectivity index (χ0n) is 8.34. The van der Waals surface area contributed by atoms with Crippen molar-refractivity contribution >= 4 is 50.7 Å². The van der Waals surface area contributed by atoms with Gasteiger partial charge in [0.15, 0.2) is 11.0 Å². The van der Waals surface area contributed by atoms with Crippen LogP contribution < -0.4 is 5.32 Å². The molecule has 17 heavy (non-hydrogen) atoms. The van der Waals surface area contributed by atoms with Crippen LogP contribution in [0, 0.1) is 0 Å². The Morgan fingerprint density at radius 3 is 2.65 bits per heavy atom. The molecular weight excluding hydrogens is 329 g/mol. The fourth-order valence-electron chi connectivity index (χ4n) is 1.21. The summed E-state index contributed by atoms with van der Waals surface area (Å²) in [4.78, 5) is 11.8. The number of hydrogen-bond acceptors (Lipinski definition) is 2. The average molecular weight is 335 g/mol. The van der Waals surface area contributed by atoms with Gasteiger partial charge in [-0.25, -0.2) is 0 Å². The third-order valence-electron chi connectivity index (χ3n) is 1.97. The van der Waals surface area contributed by atoms with E-state index in [-0.39, 0.29) is 11.0 Å². The molecule has 0 aliphatic rings. The molecule has 1 heterocycles. The van der Waals surface area contributed by atoms with Gasteiger partial charge in [-0.2, -0.15) is 0 Å². The maximum Gasteiger partial charge on any atom is 0.291 e. The van der Waals surface area contributed by atoms with E-state index in [1.54, 1.807) is 18.2 Å². The number of carbonyl (C=O) groups is 1. The Labute approximate surface area is 116 Å². The zero-order chi connectivity index (χ0) is 12.4. The van der Waals surface area contributed by atoms with Crippen LogP contribution in [-0.4, -0.2) is 5.91 Å². The molecule has 0 atom stereocenters. The number of furan rings is 1. The predicted molar refractivity (Wildman–Crippen MR) is 70.8 cm³/mol. The van der Waals surface area contributed by atoms with Gasteiger partial charge in [0.25, 0.3) is 5.91 Å². The van der Waals surface area contributed by atoms with E-state index in [0.29, 0.717) is 10.7 Å². The normalized spacial score (nSPS) is 10.3. The van der Waals surface area contributed by atoms with Crippen molar-refractivity contribution in [2.24, 2.45) is 0 Å². The quantitative estimate of drug-likeness (QED) is 0.872. The molecule has 1 aromatic carbocycles. The number of anilines is 1. The standard InChI is InChI=1S/C11H6BrCl2NO2/c12-6-1-2-7(13)8(5-6)15-11(16)9-3-4-10(14)17-9/h1-5H,(H,15,16). The minimum atomic E-state index is -0.406. The number of benzene rings is 1. The van der Waals surface area contributed by atoms with E-state index in [1.165, 1.54) is 12.1 Å². The van der Waals surface area contributed by atoms with Crippen LogP contribution in [0.2, 0.25) is 10.2 Å². The first kappa shape index (κ1) is 12.5. The van der Waals surface area contributed by atoms with Crippen LogP contribution in [0.3, 0.4) is 0 Å². The van der Waals surface area contributed by atoms with Gasteiger partial charge < -0.3 is 9.73 Å². The Morgan fingerprint density at radius 1 is 1.24 bits per heavy atom. The second-order valence-electron chi connectivity index (χ2n) is 3.18. The van der Waals surface area contributed by atoms with Gasteiger partial charge in [-0.1, -0.05) is 27.5 Å². The SMILES string of the molecule is O=C(Nc1cc(Br)ccc1Cl)c1ccc(Cl)o1. The summed E-state index contributed by atoms with van der Waals surface area (Å²) < 4.78 is 5.80. The fourth-order valence-corrected chi connectivity index (χ4v) is 1.89. The molecule has 2 rings (SSSR count). The molecule has 0 aliphatic heterocycles. The Kier molecular flexibility index (Phi) is 3.76. The highest BCUT2D eigenvalue weighted by Gasteiger charge is 2.12. The van der Waals surface area contributed by atoms with Crippen LogP contribution in [0.4, 0.5) is 5.69 Å². The van der Waals surface area contributed by atoms with Crippen LogP contribution in [0.15, 0.2) is 39.2 Å². The smallest absolute Gasteiger partial charge is 0.291 e. The highest BCUT2D eigenvalue weighted by Crippen LogP contribution is 2.26. The number of carbonyl (C=O) groups excluding carboxylic acids is 1. The second-order valence-corrected chi connectivity index (χ2v) is 4.88. The molecular formula is C11H6BrCl2NO2. The van der Waals surface area contributed by atoms with E-state index in [9.17, 15) is 4.79 Å². The van der Waals surface area contributed by atoms with Gasteiger partial charge in [0, 0.05) is 4.47 Å². The van der Waals surface area contributed by atoms with Gasteiger partial charge in [0.1, 0.15) is 0 Å². The predicted octanol–water partition coefficient (Wildman–Crippen LogP) is 4.60. The van der Waals surface area contributed by atoms with Crippen LogP contribution in [-0.2, 0) is 0 Å². The lowest BCUT2D eigenvalue weighted by molar-refractivity contribution is 0.0997. The molecule has 0 unspecified atom stereocenters. The molecule has 2 aromatic rings. The topological polar surface area (TPSA) is 42.2 Å². The lowest BCUT2D eigenvalue weighted by atomic mass is 10.3. The van der Waals surface area contributed by atoms with Crippen molar-refractivity contribution in [1.82, 2.24) is 0 Å². The fraction of sp³-hybridized carbons (Fsp3) is 0. The van der Waals surface area contributed by atoms with Crippen molar-refractivity contribution in [1.29, 1.82) is 0 Å². The largest absolute Gasteiger partial charge is 0.440 e. The Balaban J connectivity index is 2.21. The van der Waals surface area contributed by atoms with Gasteiger partial charge in [0.05, 0.1) is 10.7 Å². The van der Waals surface area contributed by atoms with Gasteiger partial charge in [-0.05, 0) is 41.9 Å². The number of hydrogen-bond donors (Lipinski definition) is 1. The van der Waals surface area contributed by atoms with Crippen LogP contribution in [0.25, 0.3) is 0 Å². The van der Waals surface area contributed by atoms with Crippen LogP contribution >= 0.6 is 39.1 Å². The molecule has 0 saturated carbocycles. The summed E-state index contributed by atoms with van der Waals surface area (Å²) in [6.45, 7) is 0. The third-order valence-corrected chi connectivity index (χ3v) is 3.00. The summed E-state index contributed by atoms with van der Waals surface area (Å²) in [5.41, 5.74) is 0.499. The minimum absolute atomic E-state index is 0.131. The summed E-state index contributed by atoms with van der Waals surface area (Å²) in [6, 6.07) is 8.14. The summed E-state index contributed by atoms with van der Waals surface area (Å²) in [5.74, 6) is -0.275. The van der Waals surface area contributed by atoms with E-state index in [0.717, 1.165) is 4.47 Å². The number of rotatable bonds is 2. The summed E-state index contributed by atoms with van der Waals surface area (Å²) >= 11 is 14.8. The zero-order valence-corrected chi connectivity index (χ0v) is 11.4. The lowest BCUT2D eigenvalue weighted by Gasteiger charge is -2.05. The maximum absolute atomic E-state index is 11.8. The summed E-state index contributed by atoms with van der Waals surface area (Å²) in [6.07, 6.45) is 0. The van der Waals surface area contributed by atoms with E-state index in [1.807, 2.05) is 0 Å². The number of nitrogens with one attached hydrogen (secondary N) is 1. The minimum Gasteiger partial charge on any atom is -0.440 e. The molecule has 1 amide bonds. The van der Waals surface area contributed by atoms with Gasteiger partial charge in [0.2, 0.25) is 0 Å². The Bertz CT molecular complexity index is 568. The van der Waals surface area contributed by atoms with Crippen molar-refractivity contribution in [3.8, 4) is 0 Å². The number of amides is 1. The van der Waals surface area contributed by atoms with Crippen molar-refractivity contribution < 1.29 is 9.21 Å². The first-order valence-electron chi connectivity index (χ1n) is 4.58. The van der Waals surface area contributed by atoms with Gasteiger partial charge in [-0.15, -0.1) is 0 Å². The second kappa shape index (κ2) is 5.12. The van der Waals surface area contributed by atoms with Crippen molar-refractivity contribution in [3.63, 3.8) is 0 Å². The summed E-state index contributed by atoms with van der Waals surface area (Å²) in [5, 5.41) is 3.23. The average Bonchev–Trinajstić information content (AvgIpc) is 2.70. The molecule has 0 fully saturated rings. The van der Waals surface area contributed by atoms with E-state index in [4.69, 9.17) is 27.6 Å².